The molecule has 4 heterocycles. The van der Waals surface area contributed by atoms with Crippen molar-refractivity contribution in [3.05, 3.63) is 22.4 Å². The van der Waals surface area contributed by atoms with Crippen LogP contribution in [-0.2, 0) is 4.79 Å². The topological polar surface area (TPSA) is 90.4 Å². The molecule has 7 heteroatoms. The van der Waals surface area contributed by atoms with Crippen molar-refractivity contribution < 1.29 is 9.59 Å². The predicted octanol–water partition coefficient (Wildman–Crippen LogP) is 1.97. The van der Waals surface area contributed by atoms with Crippen molar-refractivity contribution in [3.8, 4) is 6.07 Å². The lowest BCUT2D eigenvalue weighted by Gasteiger charge is -2.41. The number of nitriles is 1. The minimum atomic E-state index is -0.553. The molecule has 0 aromatic carbocycles. The number of hydrogen-bond acceptors (Lipinski definition) is 5. The molecule has 6 nitrogen and oxygen atoms in total. The molecule has 2 unspecified atom stereocenters. The van der Waals surface area contributed by atoms with Crippen molar-refractivity contribution >= 4 is 23.2 Å². The summed E-state index contributed by atoms with van der Waals surface area (Å²) >= 11 is 1.49. The first-order valence-electron chi connectivity index (χ1n) is 9.92. The van der Waals surface area contributed by atoms with Crippen LogP contribution in [0.3, 0.4) is 0 Å². The number of thiophene rings is 1. The zero-order valence-electron chi connectivity index (χ0n) is 15.2. The van der Waals surface area contributed by atoms with Gasteiger partial charge in [-0.15, -0.1) is 11.3 Å². The van der Waals surface area contributed by atoms with E-state index >= 15 is 0 Å². The van der Waals surface area contributed by atoms with Gasteiger partial charge in [-0.1, -0.05) is 6.07 Å². The van der Waals surface area contributed by atoms with Gasteiger partial charge in [0.25, 0.3) is 5.91 Å². The number of carbonyl (C=O) groups excluding carboxylic acids is 2. The van der Waals surface area contributed by atoms with Crippen molar-refractivity contribution in [2.75, 3.05) is 0 Å². The van der Waals surface area contributed by atoms with Crippen molar-refractivity contribution in [1.82, 2.24) is 9.80 Å². The third kappa shape index (κ3) is 2.69. The molecule has 2 amide bonds. The molecule has 1 aliphatic carbocycles. The van der Waals surface area contributed by atoms with Gasteiger partial charge in [0.1, 0.15) is 6.04 Å². The van der Waals surface area contributed by atoms with Gasteiger partial charge in [0, 0.05) is 18.1 Å². The summed E-state index contributed by atoms with van der Waals surface area (Å²) in [5, 5.41) is 11.3. The van der Waals surface area contributed by atoms with Gasteiger partial charge in [-0.2, -0.15) is 5.26 Å². The monoisotopic (exact) mass is 384 g/mol. The van der Waals surface area contributed by atoms with Gasteiger partial charge in [-0.25, -0.2) is 0 Å². The van der Waals surface area contributed by atoms with Crippen molar-refractivity contribution in [1.29, 1.82) is 5.26 Å². The third-order valence-electron chi connectivity index (χ3n) is 7.04. The molecular weight excluding hydrogens is 360 g/mol. The molecule has 5 rings (SSSR count). The van der Waals surface area contributed by atoms with Gasteiger partial charge in [0.2, 0.25) is 5.91 Å². The van der Waals surface area contributed by atoms with Crippen molar-refractivity contribution in [3.63, 3.8) is 0 Å². The van der Waals surface area contributed by atoms with Crippen LogP contribution in [0.1, 0.15) is 48.2 Å². The van der Waals surface area contributed by atoms with E-state index in [2.05, 4.69) is 6.07 Å². The highest BCUT2D eigenvalue weighted by molar-refractivity contribution is 7.12. The average Bonchev–Trinajstić information content (AvgIpc) is 3.03. The summed E-state index contributed by atoms with van der Waals surface area (Å²) in [4.78, 5) is 30.5. The van der Waals surface area contributed by atoms with Crippen LogP contribution in [0.25, 0.3) is 0 Å². The zero-order valence-corrected chi connectivity index (χ0v) is 16.0. The molecule has 2 N–H and O–H groups in total. The van der Waals surface area contributed by atoms with Gasteiger partial charge < -0.3 is 15.5 Å². The lowest BCUT2D eigenvalue weighted by molar-refractivity contribution is -0.135. The minimum absolute atomic E-state index is 0.0472. The molecule has 3 aliphatic heterocycles. The van der Waals surface area contributed by atoms with Gasteiger partial charge in [-0.3, -0.25) is 9.59 Å². The van der Waals surface area contributed by atoms with E-state index in [1.165, 1.54) is 11.3 Å². The number of rotatable bonds is 3. The second kappa shape index (κ2) is 6.32. The van der Waals surface area contributed by atoms with Gasteiger partial charge in [-0.05, 0) is 61.8 Å². The zero-order chi connectivity index (χ0) is 18.7. The number of carbonyl (C=O) groups is 2. The lowest BCUT2D eigenvalue weighted by Crippen LogP contribution is -2.55. The number of nitrogens with two attached hydrogens (primary N) is 1. The van der Waals surface area contributed by atoms with E-state index in [-0.39, 0.29) is 41.9 Å². The molecule has 4 fully saturated rings. The maximum Gasteiger partial charge on any atom is 0.264 e. The Labute approximate surface area is 162 Å². The Kier molecular flexibility index (Phi) is 4.03. The lowest BCUT2D eigenvalue weighted by atomic mass is 9.84. The van der Waals surface area contributed by atoms with Crippen LogP contribution in [-0.4, -0.2) is 51.8 Å². The first-order valence-corrected chi connectivity index (χ1v) is 10.8. The molecule has 27 heavy (non-hydrogen) atoms. The average molecular weight is 385 g/mol. The Hall–Kier alpha value is -1.91. The van der Waals surface area contributed by atoms with Crippen LogP contribution in [0.2, 0.25) is 0 Å². The highest BCUT2D eigenvalue weighted by Crippen LogP contribution is 2.48. The summed E-state index contributed by atoms with van der Waals surface area (Å²) in [6.07, 6.45) is 5.40. The first-order chi connectivity index (χ1) is 13.1. The standard InChI is InChI=1S/C20H24N4O2S/c21-10-15-6-11-9-16(11)24(15)20(26)18(22)12-7-13-3-4-14(8-12)23(13)19(25)17-2-1-5-27-17/h1-2,5,11-16,18H,3-4,6-9,22H2/t11-,12?,13?,14?,15+,16+,18+/m1/s1. The minimum Gasteiger partial charge on any atom is -0.332 e. The molecule has 1 aromatic rings. The molecule has 0 spiro atoms. The normalized spacial score (nSPS) is 37.6. The van der Waals surface area contributed by atoms with E-state index in [1.54, 1.807) is 4.90 Å². The highest BCUT2D eigenvalue weighted by atomic mass is 32.1. The number of hydrogen-bond donors (Lipinski definition) is 1. The van der Waals surface area contributed by atoms with Crippen molar-refractivity contribution in [2.24, 2.45) is 17.6 Å². The molecule has 3 saturated heterocycles. The largest absolute Gasteiger partial charge is 0.332 e. The quantitative estimate of drug-likeness (QED) is 0.863. The molecule has 6 atom stereocenters. The smallest absolute Gasteiger partial charge is 0.264 e. The Bertz CT molecular complexity index is 789. The van der Waals surface area contributed by atoms with Crippen LogP contribution in [0, 0.1) is 23.2 Å². The van der Waals surface area contributed by atoms with Gasteiger partial charge >= 0.3 is 0 Å². The number of amides is 2. The fraction of sp³-hybridized carbons (Fsp3) is 0.650. The predicted molar refractivity (Wildman–Crippen MR) is 101 cm³/mol. The Balaban J connectivity index is 1.29. The van der Waals surface area contributed by atoms with E-state index in [4.69, 9.17) is 5.73 Å². The fourth-order valence-electron chi connectivity index (χ4n) is 5.63. The first kappa shape index (κ1) is 17.2. The van der Waals surface area contributed by atoms with E-state index in [0.29, 0.717) is 5.92 Å². The van der Waals surface area contributed by atoms with Crippen LogP contribution in [0.15, 0.2) is 17.5 Å². The maximum absolute atomic E-state index is 13.1. The van der Waals surface area contributed by atoms with Crippen LogP contribution in [0.4, 0.5) is 0 Å². The molecule has 142 valence electrons. The molecule has 1 aromatic heterocycles. The summed E-state index contributed by atoms with van der Waals surface area (Å²) in [6.45, 7) is 0. The van der Waals surface area contributed by atoms with Crippen LogP contribution < -0.4 is 5.73 Å². The molecule has 4 aliphatic rings. The molecule has 2 bridgehead atoms. The van der Waals surface area contributed by atoms with E-state index in [9.17, 15) is 14.9 Å². The number of piperidine rings is 2. The molecular formula is C20H24N4O2S. The Morgan fingerprint density at radius 2 is 1.93 bits per heavy atom. The van der Waals surface area contributed by atoms with Gasteiger partial charge in [0.15, 0.2) is 0 Å². The van der Waals surface area contributed by atoms with Crippen LogP contribution >= 0.6 is 11.3 Å². The van der Waals surface area contributed by atoms with Crippen molar-refractivity contribution in [2.45, 2.75) is 68.7 Å². The highest BCUT2D eigenvalue weighted by Gasteiger charge is 2.56. The number of fused-ring (bicyclic) bond motifs is 3. The fourth-order valence-corrected chi connectivity index (χ4v) is 6.30. The van der Waals surface area contributed by atoms with Crippen LogP contribution in [0.5, 0.6) is 0 Å². The summed E-state index contributed by atoms with van der Waals surface area (Å²) in [5.41, 5.74) is 6.44. The summed E-state index contributed by atoms with van der Waals surface area (Å²) in [7, 11) is 0. The van der Waals surface area contributed by atoms with E-state index < -0.39 is 6.04 Å². The third-order valence-corrected chi connectivity index (χ3v) is 7.89. The van der Waals surface area contributed by atoms with E-state index in [0.717, 1.165) is 43.4 Å². The number of likely N-dealkylation sites (tertiary alicyclic amines) is 1. The second-order valence-corrected chi connectivity index (χ2v) is 9.47. The summed E-state index contributed by atoms with van der Waals surface area (Å²) in [5.74, 6) is 0.682. The molecule has 1 saturated carbocycles. The van der Waals surface area contributed by atoms with Gasteiger partial charge in [0.05, 0.1) is 17.0 Å². The second-order valence-electron chi connectivity index (χ2n) is 8.52. The summed E-state index contributed by atoms with van der Waals surface area (Å²) in [6, 6.07) is 5.82. The molecule has 0 radical (unpaired) electrons. The maximum atomic E-state index is 13.1. The summed E-state index contributed by atoms with van der Waals surface area (Å²) < 4.78 is 0. The Morgan fingerprint density at radius 1 is 1.19 bits per heavy atom. The SMILES string of the molecule is N#C[C@@H]1C[C@@H]2C[C@@H]2N1C(=O)[C@@H](N)C1CC2CCC(C1)N2C(=O)c1cccs1. The Morgan fingerprint density at radius 3 is 2.56 bits per heavy atom. The number of nitrogens with zero attached hydrogens (tertiary/aromatic N) is 3. The van der Waals surface area contributed by atoms with E-state index in [1.807, 2.05) is 22.4 Å².